The van der Waals surface area contributed by atoms with Crippen LogP contribution in [0.4, 0.5) is 5.69 Å². The van der Waals surface area contributed by atoms with Crippen molar-refractivity contribution in [2.75, 3.05) is 5.32 Å². The number of rotatable bonds is 5. The summed E-state index contributed by atoms with van der Waals surface area (Å²) in [6.07, 6.45) is 1.38. The lowest BCUT2D eigenvalue weighted by Gasteiger charge is -2.11. The highest BCUT2D eigenvalue weighted by atomic mass is 35.5. The van der Waals surface area contributed by atoms with E-state index in [2.05, 4.69) is 5.32 Å². The number of aromatic carboxylic acids is 1. The van der Waals surface area contributed by atoms with Gasteiger partial charge in [0.1, 0.15) is 0 Å². The lowest BCUT2D eigenvalue weighted by molar-refractivity contribution is -0.117. The molecular weight excluding hydrogens is 256 g/mol. The van der Waals surface area contributed by atoms with Crippen molar-refractivity contribution in [1.82, 2.24) is 0 Å². The van der Waals surface area contributed by atoms with Crippen LogP contribution < -0.4 is 11.1 Å². The van der Waals surface area contributed by atoms with Crippen molar-refractivity contribution in [2.24, 2.45) is 5.73 Å². The number of hydrogen-bond donors (Lipinski definition) is 3. The summed E-state index contributed by atoms with van der Waals surface area (Å²) in [5, 5.41) is 11.6. The zero-order valence-corrected chi connectivity index (χ0v) is 10.7. The summed E-state index contributed by atoms with van der Waals surface area (Å²) in [5.74, 6) is -1.48. The van der Waals surface area contributed by atoms with Crippen molar-refractivity contribution in [3.8, 4) is 0 Å². The number of carboxylic acids is 1. The second kappa shape index (κ2) is 6.37. The molecule has 1 rings (SSSR count). The van der Waals surface area contributed by atoms with Gasteiger partial charge in [0.25, 0.3) is 0 Å². The normalized spacial score (nSPS) is 11.9. The van der Waals surface area contributed by atoms with E-state index in [1.54, 1.807) is 0 Å². The molecule has 5 nitrogen and oxygen atoms in total. The molecule has 1 aromatic rings. The SMILES string of the molecule is CCC[C@H](N)C(=O)Nc1ccc(Cl)c(C(=O)O)c1. The van der Waals surface area contributed by atoms with E-state index in [0.29, 0.717) is 12.1 Å². The van der Waals surface area contributed by atoms with Gasteiger partial charge in [-0.2, -0.15) is 0 Å². The van der Waals surface area contributed by atoms with Crippen LogP contribution in [-0.4, -0.2) is 23.0 Å². The van der Waals surface area contributed by atoms with Gasteiger partial charge < -0.3 is 16.2 Å². The molecule has 0 saturated heterocycles. The molecule has 0 aromatic heterocycles. The Bertz CT molecular complexity index is 463. The maximum atomic E-state index is 11.7. The second-order valence-electron chi connectivity index (χ2n) is 3.88. The molecule has 6 heteroatoms. The number of carboxylic acid groups (broad SMARTS) is 1. The van der Waals surface area contributed by atoms with Gasteiger partial charge in [0.05, 0.1) is 16.6 Å². The topological polar surface area (TPSA) is 92.4 Å². The fraction of sp³-hybridized carbons (Fsp3) is 0.333. The van der Waals surface area contributed by atoms with Gasteiger partial charge in [-0.15, -0.1) is 0 Å². The summed E-state index contributed by atoms with van der Waals surface area (Å²) in [5.41, 5.74) is 5.96. The number of nitrogens with one attached hydrogen (secondary N) is 1. The molecule has 0 saturated carbocycles. The van der Waals surface area contributed by atoms with E-state index in [1.807, 2.05) is 6.92 Å². The van der Waals surface area contributed by atoms with Crippen molar-refractivity contribution in [1.29, 1.82) is 0 Å². The van der Waals surface area contributed by atoms with Crippen molar-refractivity contribution in [3.63, 3.8) is 0 Å². The monoisotopic (exact) mass is 270 g/mol. The van der Waals surface area contributed by atoms with Gasteiger partial charge in [-0.3, -0.25) is 4.79 Å². The number of anilines is 1. The zero-order chi connectivity index (χ0) is 13.7. The summed E-state index contributed by atoms with van der Waals surface area (Å²) < 4.78 is 0. The maximum absolute atomic E-state index is 11.7. The molecule has 0 radical (unpaired) electrons. The Balaban J connectivity index is 2.82. The largest absolute Gasteiger partial charge is 0.478 e. The lowest BCUT2D eigenvalue weighted by Crippen LogP contribution is -2.35. The predicted molar refractivity (Wildman–Crippen MR) is 69.9 cm³/mol. The standard InChI is InChI=1S/C12H15ClN2O3/c1-2-3-10(14)11(16)15-7-4-5-9(13)8(6-7)12(17)18/h4-6,10H,2-3,14H2,1H3,(H,15,16)(H,17,18)/t10-/m0/s1. The van der Waals surface area contributed by atoms with Gasteiger partial charge in [0, 0.05) is 5.69 Å². The summed E-state index contributed by atoms with van der Waals surface area (Å²) in [7, 11) is 0. The van der Waals surface area contributed by atoms with Crippen molar-refractivity contribution >= 4 is 29.2 Å². The van der Waals surface area contributed by atoms with E-state index in [4.69, 9.17) is 22.4 Å². The van der Waals surface area contributed by atoms with Crippen LogP contribution in [0.25, 0.3) is 0 Å². The summed E-state index contributed by atoms with van der Waals surface area (Å²) in [6.45, 7) is 1.93. The van der Waals surface area contributed by atoms with E-state index in [0.717, 1.165) is 6.42 Å². The fourth-order valence-corrected chi connectivity index (χ4v) is 1.64. The molecule has 98 valence electrons. The zero-order valence-electron chi connectivity index (χ0n) is 9.94. The van der Waals surface area contributed by atoms with E-state index in [-0.39, 0.29) is 16.5 Å². The average Bonchev–Trinajstić information content (AvgIpc) is 2.31. The molecular formula is C12H15ClN2O3. The van der Waals surface area contributed by atoms with Crippen LogP contribution in [-0.2, 0) is 4.79 Å². The smallest absolute Gasteiger partial charge is 0.337 e. The van der Waals surface area contributed by atoms with Gasteiger partial charge in [-0.1, -0.05) is 24.9 Å². The summed E-state index contributed by atoms with van der Waals surface area (Å²) in [6, 6.07) is 3.66. The van der Waals surface area contributed by atoms with Crippen molar-refractivity contribution in [2.45, 2.75) is 25.8 Å². The van der Waals surface area contributed by atoms with Crippen LogP contribution in [0.5, 0.6) is 0 Å². The third-order valence-electron chi connectivity index (χ3n) is 2.40. The Kier molecular flexibility index (Phi) is 5.12. The maximum Gasteiger partial charge on any atom is 0.337 e. The van der Waals surface area contributed by atoms with E-state index >= 15 is 0 Å². The van der Waals surface area contributed by atoms with Crippen LogP contribution in [0.15, 0.2) is 18.2 Å². The molecule has 0 spiro atoms. The number of hydrogen-bond acceptors (Lipinski definition) is 3. The number of nitrogens with two attached hydrogens (primary N) is 1. The number of amides is 1. The van der Waals surface area contributed by atoms with Gasteiger partial charge in [0.15, 0.2) is 0 Å². The Labute approximate surface area is 110 Å². The first-order valence-electron chi connectivity index (χ1n) is 5.55. The first kappa shape index (κ1) is 14.5. The molecule has 0 heterocycles. The highest BCUT2D eigenvalue weighted by Gasteiger charge is 2.14. The summed E-state index contributed by atoms with van der Waals surface area (Å²) >= 11 is 5.72. The molecule has 0 unspecified atom stereocenters. The number of benzene rings is 1. The van der Waals surface area contributed by atoms with E-state index < -0.39 is 12.0 Å². The fourth-order valence-electron chi connectivity index (χ4n) is 1.44. The molecule has 1 atom stereocenters. The number of halogens is 1. The molecule has 1 aromatic carbocycles. The molecule has 0 aliphatic heterocycles. The van der Waals surface area contributed by atoms with Crippen LogP contribution in [0.3, 0.4) is 0 Å². The van der Waals surface area contributed by atoms with Crippen LogP contribution >= 0.6 is 11.6 Å². The highest BCUT2D eigenvalue weighted by Crippen LogP contribution is 2.20. The Hall–Kier alpha value is -1.59. The minimum absolute atomic E-state index is 0.0569. The van der Waals surface area contributed by atoms with Crippen LogP contribution in [0.1, 0.15) is 30.1 Å². The Morgan fingerprint density at radius 3 is 2.72 bits per heavy atom. The highest BCUT2D eigenvalue weighted by molar-refractivity contribution is 6.33. The van der Waals surface area contributed by atoms with Gasteiger partial charge in [-0.25, -0.2) is 4.79 Å². The third kappa shape index (κ3) is 3.72. The number of carbonyl (C=O) groups is 2. The van der Waals surface area contributed by atoms with Crippen molar-refractivity contribution < 1.29 is 14.7 Å². The van der Waals surface area contributed by atoms with Gasteiger partial charge in [0.2, 0.25) is 5.91 Å². The Morgan fingerprint density at radius 2 is 2.17 bits per heavy atom. The van der Waals surface area contributed by atoms with Gasteiger partial charge in [-0.05, 0) is 24.6 Å². The molecule has 0 aliphatic carbocycles. The van der Waals surface area contributed by atoms with Crippen LogP contribution in [0, 0.1) is 0 Å². The lowest BCUT2D eigenvalue weighted by atomic mass is 10.1. The predicted octanol–water partition coefficient (Wildman–Crippen LogP) is 2.10. The second-order valence-corrected chi connectivity index (χ2v) is 4.29. The van der Waals surface area contributed by atoms with E-state index in [1.165, 1.54) is 18.2 Å². The van der Waals surface area contributed by atoms with E-state index in [9.17, 15) is 9.59 Å². The molecule has 0 fully saturated rings. The van der Waals surface area contributed by atoms with Crippen LogP contribution in [0.2, 0.25) is 5.02 Å². The molecule has 4 N–H and O–H groups in total. The summed E-state index contributed by atoms with van der Waals surface area (Å²) in [4.78, 5) is 22.5. The first-order chi connectivity index (χ1) is 8.45. The molecule has 0 bridgehead atoms. The molecule has 0 aliphatic rings. The minimum atomic E-state index is -1.14. The average molecular weight is 271 g/mol. The Morgan fingerprint density at radius 1 is 1.50 bits per heavy atom. The quantitative estimate of drug-likeness (QED) is 0.764. The minimum Gasteiger partial charge on any atom is -0.478 e. The third-order valence-corrected chi connectivity index (χ3v) is 2.73. The molecule has 1 amide bonds. The number of carbonyl (C=O) groups excluding carboxylic acids is 1. The van der Waals surface area contributed by atoms with Gasteiger partial charge >= 0.3 is 5.97 Å². The van der Waals surface area contributed by atoms with Crippen molar-refractivity contribution in [3.05, 3.63) is 28.8 Å². The molecule has 18 heavy (non-hydrogen) atoms. The first-order valence-corrected chi connectivity index (χ1v) is 5.92.